The molecule has 1 aromatic carbocycles. The number of carbonyl (C=O) groups excluding carboxylic acids is 1. The van der Waals surface area contributed by atoms with Crippen LogP contribution in [0, 0.1) is 5.92 Å². The summed E-state index contributed by atoms with van der Waals surface area (Å²) in [7, 11) is -2.39. The van der Waals surface area contributed by atoms with Gasteiger partial charge in [0.1, 0.15) is 6.04 Å². The average molecular weight is 619 g/mol. The predicted octanol–water partition coefficient (Wildman–Crippen LogP) is 0.630. The molecule has 0 aliphatic rings. The van der Waals surface area contributed by atoms with Gasteiger partial charge in [0.05, 0.1) is 24.4 Å². The van der Waals surface area contributed by atoms with E-state index >= 15 is 0 Å². The lowest BCUT2D eigenvalue weighted by Crippen LogP contribution is -2.41. The van der Waals surface area contributed by atoms with E-state index < -0.39 is 68.3 Å². The quantitative estimate of drug-likeness (QED) is 0.115. The van der Waals surface area contributed by atoms with Crippen LogP contribution in [0.2, 0.25) is 0 Å². The number of nitrogen functional groups attached to an aromatic ring is 2. The Hall–Kier alpha value is -4.89. The molecule has 18 heteroatoms. The number of fused-ring (bicyclic) bond motifs is 1. The van der Waals surface area contributed by atoms with Crippen LogP contribution in [-0.4, -0.2) is 89.4 Å². The van der Waals surface area contributed by atoms with E-state index in [9.17, 15) is 38.8 Å². The number of hydrogen-bond acceptors (Lipinski definition) is 12. The molecule has 0 saturated carbocycles. The fourth-order valence-corrected chi connectivity index (χ4v) is 5.99. The molecule has 2 aromatic heterocycles. The maximum atomic E-state index is 12.7. The van der Waals surface area contributed by atoms with Gasteiger partial charge in [0.25, 0.3) is 5.91 Å². The van der Waals surface area contributed by atoms with Crippen molar-refractivity contribution in [1.82, 2.24) is 25.3 Å². The van der Waals surface area contributed by atoms with Crippen molar-refractivity contribution in [2.75, 3.05) is 35.7 Å². The van der Waals surface area contributed by atoms with Gasteiger partial charge in [-0.1, -0.05) is 0 Å². The Kier molecular flexibility index (Phi) is 10.5. The van der Waals surface area contributed by atoms with Crippen molar-refractivity contribution < 1.29 is 44.0 Å². The fourth-order valence-electron chi connectivity index (χ4n) is 4.12. The smallest absolute Gasteiger partial charge is 0.326 e. The highest BCUT2D eigenvalue weighted by Gasteiger charge is 2.31. The van der Waals surface area contributed by atoms with Crippen molar-refractivity contribution in [2.24, 2.45) is 5.92 Å². The molecule has 17 nitrogen and oxygen atoms in total. The van der Waals surface area contributed by atoms with Crippen molar-refractivity contribution in [3.05, 3.63) is 41.7 Å². The van der Waals surface area contributed by atoms with Crippen molar-refractivity contribution >= 4 is 59.8 Å². The molecule has 2 heterocycles. The van der Waals surface area contributed by atoms with Gasteiger partial charge < -0.3 is 41.9 Å². The van der Waals surface area contributed by atoms with Gasteiger partial charge in [-0.3, -0.25) is 18.9 Å². The van der Waals surface area contributed by atoms with E-state index in [2.05, 4.69) is 25.3 Å². The molecular weight excluding hydrogens is 587 g/mol. The second-order valence-electron chi connectivity index (χ2n) is 9.78. The first kappa shape index (κ1) is 32.6. The summed E-state index contributed by atoms with van der Waals surface area (Å²) in [6.45, 7) is 0.305. The molecule has 3 rings (SSSR count). The first-order chi connectivity index (χ1) is 20.1. The van der Waals surface area contributed by atoms with Gasteiger partial charge in [0.15, 0.2) is 17.0 Å². The number of nitrogens with one attached hydrogen (secondary N) is 1. The Morgan fingerprint density at radius 1 is 1.00 bits per heavy atom. The van der Waals surface area contributed by atoms with Crippen molar-refractivity contribution in [3.63, 3.8) is 0 Å². The first-order valence-electron chi connectivity index (χ1n) is 12.8. The number of aliphatic carboxylic acids is 3. The van der Waals surface area contributed by atoms with Crippen LogP contribution < -0.4 is 21.7 Å². The van der Waals surface area contributed by atoms with Crippen LogP contribution in [0.1, 0.15) is 35.3 Å². The van der Waals surface area contributed by atoms with Crippen molar-refractivity contribution in [1.29, 1.82) is 0 Å². The monoisotopic (exact) mass is 618 g/mol. The standard InChI is InChI=1S/C25H31N8O9P/c1-33(11-15-10-28-21-19(29-15)20(26)31-25(27)32-21)16-5-2-13(3-6-16)22(36)30-17(24(39)40)8-9-43(41,42)12-14(23(37)38)4-7-18(34)35/h2-3,5-6,10,14,17H,4,7-9,11-12H2,1H3,(H,30,36)(H,34,35)(H,37,38)(H,39,40)(H,41,42)(H4,26,27,28,31,32)/t14-,17+/m1/s1. The average Bonchev–Trinajstić information content (AvgIpc) is 2.93. The van der Waals surface area contributed by atoms with E-state index in [-0.39, 0.29) is 29.4 Å². The van der Waals surface area contributed by atoms with E-state index in [1.54, 1.807) is 19.2 Å². The molecule has 0 bridgehead atoms. The number of hydrogen-bond donors (Lipinski definition) is 7. The summed E-state index contributed by atoms with van der Waals surface area (Å²) < 4.78 is 12.6. The maximum Gasteiger partial charge on any atom is 0.326 e. The minimum absolute atomic E-state index is 0.0183. The SMILES string of the molecule is CN(Cc1cnc2nc(N)nc(N)c2n1)c1ccc(C(=O)N[C@@H](CCP(=O)(O)C[C@@H](CCC(=O)O)C(=O)O)C(=O)O)cc1. The molecule has 0 saturated heterocycles. The highest BCUT2D eigenvalue weighted by atomic mass is 31.2. The summed E-state index contributed by atoms with van der Waals surface area (Å²) in [5.74, 6) is -6.18. The molecule has 0 aliphatic heterocycles. The van der Waals surface area contributed by atoms with Crippen LogP contribution in [-0.2, 0) is 25.5 Å². The minimum Gasteiger partial charge on any atom is -0.481 e. The minimum atomic E-state index is -4.16. The van der Waals surface area contributed by atoms with Crippen LogP contribution in [0.15, 0.2) is 30.5 Å². The van der Waals surface area contributed by atoms with Gasteiger partial charge >= 0.3 is 17.9 Å². The number of anilines is 3. The first-order valence-corrected chi connectivity index (χ1v) is 14.8. The normalized spacial score (nSPS) is 13.9. The lowest BCUT2D eigenvalue weighted by atomic mass is 10.1. The van der Waals surface area contributed by atoms with Crippen LogP contribution in [0.25, 0.3) is 11.2 Å². The Labute approximate surface area is 244 Å². The van der Waals surface area contributed by atoms with E-state index in [1.165, 1.54) is 18.3 Å². The summed E-state index contributed by atoms with van der Waals surface area (Å²) in [6, 6.07) is 4.66. The topological polar surface area (TPSA) is 285 Å². The van der Waals surface area contributed by atoms with E-state index in [1.807, 2.05) is 4.90 Å². The lowest BCUT2D eigenvalue weighted by molar-refractivity contribution is -0.142. The van der Waals surface area contributed by atoms with Gasteiger partial charge in [0.2, 0.25) is 13.3 Å². The third kappa shape index (κ3) is 9.31. The van der Waals surface area contributed by atoms with Crippen LogP contribution in [0.4, 0.5) is 17.5 Å². The highest BCUT2D eigenvalue weighted by Crippen LogP contribution is 2.44. The molecule has 3 atom stereocenters. The number of benzene rings is 1. The number of carboxylic acids is 3. The number of amides is 1. The van der Waals surface area contributed by atoms with E-state index in [4.69, 9.17) is 16.6 Å². The molecular formula is C25H31N8O9P. The number of rotatable bonds is 15. The van der Waals surface area contributed by atoms with Gasteiger partial charge in [-0.05, 0) is 37.1 Å². The Morgan fingerprint density at radius 2 is 1.67 bits per heavy atom. The highest BCUT2D eigenvalue weighted by molar-refractivity contribution is 7.58. The number of nitrogens with zero attached hydrogens (tertiary/aromatic N) is 5. The third-order valence-corrected chi connectivity index (χ3v) is 8.37. The Morgan fingerprint density at radius 3 is 2.28 bits per heavy atom. The Balaban J connectivity index is 1.60. The largest absolute Gasteiger partial charge is 0.481 e. The molecule has 0 spiro atoms. The second-order valence-corrected chi connectivity index (χ2v) is 12.3. The molecule has 9 N–H and O–H groups in total. The second kappa shape index (κ2) is 13.8. The van der Waals surface area contributed by atoms with E-state index in [0.29, 0.717) is 23.4 Å². The fraction of sp³-hybridized carbons (Fsp3) is 0.360. The molecule has 230 valence electrons. The summed E-state index contributed by atoms with van der Waals surface area (Å²) in [5, 5.41) is 29.9. The maximum absolute atomic E-state index is 12.7. The predicted molar refractivity (Wildman–Crippen MR) is 154 cm³/mol. The molecule has 3 aromatic rings. The number of carbonyl (C=O) groups is 4. The van der Waals surface area contributed by atoms with Crippen LogP contribution in [0.5, 0.6) is 0 Å². The molecule has 0 fully saturated rings. The lowest BCUT2D eigenvalue weighted by Gasteiger charge is -2.20. The van der Waals surface area contributed by atoms with Gasteiger partial charge in [-0.2, -0.15) is 9.97 Å². The number of carboxylic acid groups (broad SMARTS) is 3. The van der Waals surface area contributed by atoms with Crippen molar-refractivity contribution in [3.8, 4) is 0 Å². The molecule has 0 aliphatic carbocycles. The molecule has 1 amide bonds. The molecule has 1 unspecified atom stereocenters. The number of aromatic nitrogens is 4. The molecule has 0 radical (unpaired) electrons. The van der Waals surface area contributed by atoms with Gasteiger partial charge in [0, 0.05) is 37.0 Å². The number of nitrogens with two attached hydrogens (primary N) is 2. The van der Waals surface area contributed by atoms with E-state index in [0.717, 1.165) is 0 Å². The van der Waals surface area contributed by atoms with Gasteiger partial charge in [-0.15, -0.1) is 0 Å². The van der Waals surface area contributed by atoms with Gasteiger partial charge in [-0.25, -0.2) is 14.8 Å². The summed E-state index contributed by atoms with van der Waals surface area (Å²) >= 11 is 0. The zero-order chi connectivity index (χ0) is 31.9. The van der Waals surface area contributed by atoms with Crippen LogP contribution in [0.3, 0.4) is 0 Å². The zero-order valence-corrected chi connectivity index (χ0v) is 23.8. The summed E-state index contributed by atoms with van der Waals surface area (Å²) in [6.07, 6.45) is -1.09. The zero-order valence-electron chi connectivity index (χ0n) is 23.0. The summed E-state index contributed by atoms with van der Waals surface area (Å²) in [4.78, 5) is 75.2. The molecule has 43 heavy (non-hydrogen) atoms. The van der Waals surface area contributed by atoms with Crippen molar-refractivity contribution in [2.45, 2.75) is 31.8 Å². The third-order valence-electron chi connectivity index (χ3n) is 6.40. The summed E-state index contributed by atoms with van der Waals surface area (Å²) in [5.41, 5.74) is 13.4. The van der Waals surface area contributed by atoms with Crippen LogP contribution >= 0.6 is 7.37 Å². The Bertz CT molecular complexity index is 1570.